The molecule has 4 heteroatoms. The van der Waals surface area contributed by atoms with E-state index in [1.807, 2.05) is 7.05 Å². The highest BCUT2D eigenvalue weighted by Crippen LogP contribution is 2.32. The zero-order valence-corrected chi connectivity index (χ0v) is 11.9. The molecule has 0 aromatic carbocycles. The molecule has 0 aliphatic carbocycles. The van der Waals surface area contributed by atoms with Crippen LogP contribution in [-0.4, -0.2) is 21.9 Å². The summed E-state index contributed by atoms with van der Waals surface area (Å²) in [5.41, 5.74) is 6.41. The molecule has 2 N–H and O–H groups in total. The molecule has 0 saturated heterocycles. The van der Waals surface area contributed by atoms with Gasteiger partial charge in [-0.05, 0) is 30.7 Å². The van der Waals surface area contributed by atoms with Crippen molar-refractivity contribution in [3.8, 4) is 0 Å². The quantitative estimate of drug-likeness (QED) is 0.790. The van der Waals surface area contributed by atoms with Crippen molar-refractivity contribution >= 4 is 5.78 Å². The molecule has 0 amide bonds. The Morgan fingerprint density at radius 1 is 1.44 bits per heavy atom. The number of carbonyl (C=O) groups is 1. The maximum Gasteiger partial charge on any atom is 0.182 e. The number of rotatable bonds is 6. The molecular weight excluding hydrogens is 226 g/mol. The second-order valence-electron chi connectivity index (χ2n) is 6.03. The molecule has 18 heavy (non-hydrogen) atoms. The lowest BCUT2D eigenvalue weighted by Gasteiger charge is -2.30. The molecule has 0 radical (unpaired) electrons. The number of hydrogen-bond donors (Lipinski definition) is 1. The van der Waals surface area contributed by atoms with Crippen molar-refractivity contribution in [2.24, 2.45) is 24.1 Å². The van der Waals surface area contributed by atoms with Crippen LogP contribution in [0.5, 0.6) is 0 Å². The average Bonchev–Trinajstić information content (AvgIpc) is 2.69. The number of aryl methyl sites for hydroxylation is 1. The summed E-state index contributed by atoms with van der Waals surface area (Å²) in [5.74, 6) is 0.608. The first kappa shape index (κ1) is 14.9. The van der Waals surface area contributed by atoms with E-state index >= 15 is 0 Å². The van der Waals surface area contributed by atoms with Crippen LogP contribution < -0.4 is 5.73 Å². The highest BCUT2D eigenvalue weighted by atomic mass is 16.1. The van der Waals surface area contributed by atoms with Gasteiger partial charge in [0, 0.05) is 19.7 Å². The maximum atomic E-state index is 12.0. The Labute approximate surface area is 110 Å². The number of carbonyl (C=O) groups excluding carboxylic acids is 1. The fraction of sp³-hybridized carbons (Fsp3) is 0.714. The Bertz CT molecular complexity index is 390. The third kappa shape index (κ3) is 4.26. The molecule has 0 fully saturated rings. The summed E-state index contributed by atoms with van der Waals surface area (Å²) in [6.45, 7) is 7.30. The Kier molecular flexibility index (Phi) is 5.08. The molecule has 0 saturated carbocycles. The fourth-order valence-electron chi connectivity index (χ4n) is 2.20. The molecular formula is C14H25N3O. The summed E-state index contributed by atoms with van der Waals surface area (Å²) in [4.78, 5) is 16.1. The van der Waals surface area contributed by atoms with Crippen LogP contribution >= 0.6 is 0 Å². The Morgan fingerprint density at radius 3 is 2.56 bits per heavy atom. The summed E-state index contributed by atoms with van der Waals surface area (Å²) in [7, 11) is 1.87. The zero-order chi connectivity index (χ0) is 13.8. The van der Waals surface area contributed by atoms with Gasteiger partial charge in [0.2, 0.25) is 0 Å². The predicted octanol–water partition coefficient (Wildman–Crippen LogP) is 2.39. The fourth-order valence-corrected chi connectivity index (χ4v) is 2.20. The van der Waals surface area contributed by atoms with Crippen molar-refractivity contribution in [1.82, 2.24) is 9.55 Å². The standard InChI is InChI=1S/C14H25N3O/c1-14(2,3)11(7-8-15)5-6-13(18)12-9-17(4)10-16-12/h9-11H,5-8,15H2,1-4H3. The van der Waals surface area contributed by atoms with Gasteiger partial charge in [0.1, 0.15) is 5.69 Å². The van der Waals surface area contributed by atoms with Crippen molar-refractivity contribution in [2.45, 2.75) is 40.0 Å². The van der Waals surface area contributed by atoms with E-state index < -0.39 is 0 Å². The van der Waals surface area contributed by atoms with Gasteiger partial charge < -0.3 is 10.3 Å². The van der Waals surface area contributed by atoms with Gasteiger partial charge in [-0.15, -0.1) is 0 Å². The van der Waals surface area contributed by atoms with Crippen LogP contribution in [0.15, 0.2) is 12.5 Å². The van der Waals surface area contributed by atoms with E-state index in [-0.39, 0.29) is 11.2 Å². The van der Waals surface area contributed by atoms with Crippen molar-refractivity contribution in [3.63, 3.8) is 0 Å². The van der Waals surface area contributed by atoms with Crippen LogP contribution in [0.2, 0.25) is 0 Å². The van der Waals surface area contributed by atoms with Crippen LogP contribution in [-0.2, 0) is 7.05 Å². The van der Waals surface area contributed by atoms with Crippen molar-refractivity contribution < 1.29 is 4.79 Å². The van der Waals surface area contributed by atoms with E-state index in [1.54, 1.807) is 17.1 Å². The molecule has 1 rings (SSSR count). The topological polar surface area (TPSA) is 60.9 Å². The van der Waals surface area contributed by atoms with Crippen molar-refractivity contribution in [3.05, 3.63) is 18.2 Å². The second-order valence-corrected chi connectivity index (χ2v) is 6.03. The van der Waals surface area contributed by atoms with Gasteiger partial charge >= 0.3 is 0 Å². The van der Waals surface area contributed by atoms with E-state index in [1.165, 1.54) is 0 Å². The monoisotopic (exact) mass is 251 g/mol. The molecule has 4 nitrogen and oxygen atoms in total. The van der Waals surface area contributed by atoms with Gasteiger partial charge in [0.05, 0.1) is 6.33 Å². The first-order chi connectivity index (χ1) is 8.34. The Hall–Kier alpha value is -1.16. The second kappa shape index (κ2) is 6.14. The minimum Gasteiger partial charge on any atom is -0.340 e. The summed E-state index contributed by atoms with van der Waals surface area (Å²) in [6, 6.07) is 0. The van der Waals surface area contributed by atoms with Gasteiger partial charge in [0.25, 0.3) is 0 Å². The lowest BCUT2D eigenvalue weighted by Crippen LogP contribution is -2.24. The molecule has 1 unspecified atom stereocenters. The summed E-state index contributed by atoms with van der Waals surface area (Å²) in [6.07, 6.45) is 5.85. The highest BCUT2D eigenvalue weighted by molar-refractivity contribution is 5.93. The number of Topliss-reactive ketones (excluding diaryl/α,β-unsaturated/α-hetero) is 1. The smallest absolute Gasteiger partial charge is 0.182 e. The highest BCUT2D eigenvalue weighted by Gasteiger charge is 2.24. The normalized spacial score (nSPS) is 13.6. The number of nitrogens with zero attached hydrogens (tertiary/aromatic N) is 2. The summed E-state index contributed by atoms with van der Waals surface area (Å²) in [5, 5.41) is 0. The van der Waals surface area contributed by atoms with Crippen LogP contribution in [0.3, 0.4) is 0 Å². The van der Waals surface area contributed by atoms with Gasteiger partial charge in [-0.2, -0.15) is 0 Å². The third-order valence-electron chi connectivity index (χ3n) is 3.45. The molecule has 0 spiro atoms. The van der Waals surface area contributed by atoms with E-state index in [0.717, 1.165) is 12.8 Å². The van der Waals surface area contributed by atoms with Gasteiger partial charge in [-0.25, -0.2) is 4.98 Å². The third-order valence-corrected chi connectivity index (χ3v) is 3.45. The first-order valence-electron chi connectivity index (χ1n) is 6.56. The molecule has 1 aromatic rings. The SMILES string of the molecule is Cn1cnc(C(=O)CCC(CCN)C(C)(C)C)c1. The number of imidazole rings is 1. The first-order valence-corrected chi connectivity index (χ1v) is 6.56. The van der Waals surface area contributed by atoms with E-state index in [4.69, 9.17) is 5.73 Å². The molecule has 1 atom stereocenters. The van der Waals surface area contributed by atoms with E-state index in [0.29, 0.717) is 24.6 Å². The van der Waals surface area contributed by atoms with Crippen LogP contribution in [0.4, 0.5) is 0 Å². The molecule has 102 valence electrons. The minimum atomic E-state index is 0.127. The van der Waals surface area contributed by atoms with Crippen LogP contribution in [0.25, 0.3) is 0 Å². The van der Waals surface area contributed by atoms with Crippen LogP contribution in [0.1, 0.15) is 50.5 Å². The maximum absolute atomic E-state index is 12.0. The van der Waals surface area contributed by atoms with Gasteiger partial charge in [0.15, 0.2) is 5.78 Å². The number of aromatic nitrogens is 2. The molecule has 0 aliphatic rings. The zero-order valence-electron chi connectivity index (χ0n) is 11.9. The summed E-state index contributed by atoms with van der Waals surface area (Å²) >= 11 is 0. The van der Waals surface area contributed by atoms with Gasteiger partial charge in [-0.3, -0.25) is 4.79 Å². The number of nitrogens with two attached hydrogens (primary N) is 1. The number of hydrogen-bond acceptors (Lipinski definition) is 3. The molecule has 0 aliphatic heterocycles. The largest absolute Gasteiger partial charge is 0.340 e. The Morgan fingerprint density at radius 2 is 2.11 bits per heavy atom. The summed E-state index contributed by atoms with van der Waals surface area (Å²) < 4.78 is 1.80. The molecule has 1 aromatic heterocycles. The van der Waals surface area contributed by atoms with Crippen molar-refractivity contribution in [1.29, 1.82) is 0 Å². The van der Waals surface area contributed by atoms with E-state index in [9.17, 15) is 4.79 Å². The predicted molar refractivity (Wildman–Crippen MR) is 73.4 cm³/mol. The lowest BCUT2D eigenvalue weighted by molar-refractivity contribution is 0.0953. The Balaban J connectivity index is 2.55. The minimum absolute atomic E-state index is 0.127. The molecule has 0 bridgehead atoms. The molecule has 1 heterocycles. The van der Waals surface area contributed by atoms with Gasteiger partial charge in [-0.1, -0.05) is 20.8 Å². The van der Waals surface area contributed by atoms with Crippen LogP contribution in [0, 0.1) is 11.3 Å². The van der Waals surface area contributed by atoms with E-state index in [2.05, 4.69) is 25.8 Å². The lowest BCUT2D eigenvalue weighted by atomic mass is 9.76. The number of ketones is 1. The average molecular weight is 251 g/mol. The van der Waals surface area contributed by atoms with Crippen molar-refractivity contribution in [2.75, 3.05) is 6.54 Å².